The molecule has 1 N–H and O–H groups in total. The molecule has 1 saturated heterocycles. The van der Waals surface area contributed by atoms with Crippen molar-refractivity contribution >= 4 is 29.5 Å². The van der Waals surface area contributed by atoms with Crippen molar-refractivity contribution in [3.8, 4) is 0 Å². The summed E-state index contributed by atoms with van der Waals surface area (Å²) in [4.78, 5) is 33.1. The summed E-state index contributed by atoms with van der Waals surface area (Å²) in [5, 5.41) is 0.447. The van der Waals surface area contributed by atoms with Gasteiger partial charge in [-0.3, -0.25) is 19.8 Å². The summed E-state index contributed by atoms with van der Waals surface area (Å²) in [6, 6.07) is 0. The predicted octanol–water partition coefficient (Wildman–Crippen LogP) is -0.472. The van der Waals surface area contributed by atoms with Crippen LogP contribution in [0.2, 0.25) is 0 Å². The quantitative estimate of drug-likeness (QED) is 0.615. The summed E-state index contributed by atoms with van der Waals surface area (Å²) >= 11 is 1.31. The monoisotopic (exact) mass is 202 g/mol. The number of hydrazine groups is 1. The Labute approximate surface area is 79.8 Å². The molecule has 3 amide bonds. The Morgan fingerprint density at radius 1 is 1.62 bits per heavy atom. The first-order valence-electron chi connectivity index (χ1n) is 3.73. The van der Waals surface area contributed by atoms with E-state index in [0.29, 0.717) is 0 Å². The Balaban J connectivity index is 2.70. The maximum atomic E-state index is 11.4. The van der Waals surface area contributed by atoms with E-state index in [1.807, 2.05) is 0 Å². The molecule has 13 heavy (non-hydrogen) atoms. The zero-order valence-electron chi connectivity index (χ0n) is 7.36. The van der Waals surface area contributed by atoms with Gasteiger partial charge in [0, 0.05) is 13.3 Å². The second kappa shape index (κ2) is 3.78. The lowest BCUT2D eigenvalue weighted by Crippen LogP contribution is -2.45. The average molecular weight is 202 g/mol. The minimum atomic E-state index is -0.413. The van der Waals surface area contributed by atoms with Crippen molar-refractivity contribution in [3.05, 3.63) is 0 Å². The number of hydrogen-bond acceptors (Lipinski definition) is 4. The van der Waals surface area contributed by atoms with Crippen molar-refractivity contribution in [2.75, 3.05) is 6.26 Å². The van der Waals surface area contributed by atoms with Gasteiger partial charge in [-0.2, -0.15) is 16.8 Å². The van der Waals surface area contributed by atoms with Crippen LogP contribution in [0.25, 0.3) is 0 Å². The number of amides is 3. The van der Waals surface area contributed by atoms with Crippen LogP contribution in [-0.4, -0.2) is 34.2 Å². The maximum Gasteiger partial charge on any atom is 0.261 e. The molecule has 1 fully saturated rings. The number of rotatable bonds is 2. The fourth-order valence-corrected chi connectivity index (χ4v) is 1.68. The first kappa shape index (κ1) is 10.0. The summed E-state index contributed by atoms with van der Waals surface area (Å²) in [6.45, 7) is 1.26. The van der Waals surface area contributed by atoms with Crippen LogP contribution in [0.15, 0.2) is 0 Å². The molecule has 0 aromatic carbocycles. The smallest absolute Gasteiger partial charge is 0.261 e. The van der Waals surface area contributed by atoms with E-state index < -0.39 is 5.91 Å². The molecule has 0 aromatic rings. The van der Waals surface area contributed by atoms with E-state index in [2.05, 4.69) is 5.43 Å². The highest BCUT2D eigenvalue weighted by atomic mass is 32.2. The molecule has 1 atom stereocenters. The third-order valence-electron chi connectivity index (χ3n) is 1.66. The minimum absolute atomic E-state index is 0.167. The van der Waals surface area contributed by atoms with Crippen molar-refractivity contribution in [1.29, 1.82) is 0 Å². The zero-order valence-corrected chi connectivity index (χ0v) is 8.18. The lowest BCUT2D eigenvalue weighted by atomic mass is 10.4. The molecular formula is C7H10N2O3S. The second-order valence-corrected chi connectivity index (χ2v) is 3.70. The van der Waals surface area contributed by atoms with E-state index in [1.165, 1.54) is 18.7 Å². The van der Waals surface area contributed by atoms with Crippen molar-refractivity contribution in [2.24, 2.45) is 0 Å². The van der Waals surface area contributed by atoms with Gasteiger partial charge in [-0.05, 0) is 6.26 Å². The van der Waals surface area contributed by atoms with Gasteiger partial charge >= 0.3 is 0 Å². The Morgan fingerprint density at radius 2 is 2.23 bits per heavy atom. The largest absolute Gasteiger partial charge is 0.274 e. The Bertz CT molecular complexity index is 266. The van der Waals surface area contributed by atoms with Gasteiger partial charge in [0.15, 0.2) is 0 Å². The van der Waals surface area contributed by atoms with Gasteiger partial charge in [-0.1, -0.05) is 0 Å². The molecular weight excluding hydrogens is 192 g/mol. The summed E-state index contributed by atoms with van der Waals surface area (Å²) in [7, 11) is 0. The lowest BCUT2D eigenvalue weighted by Gasteiger charge is -2.13. The van der Waals surface area contributed by atoms with Gasteiger partial charge in [0.2, 0.25) is 11.8 Å². The molecule has 0 saturated carbocycles. The van der Waals surface area contributed by atoms with E-state index in [0.717, 1.165) is 5.01 Å². The van der Waals surface area contributed by atoms with E-state index in [-0.39, 0.29) is 23.5 Å². The van der Waals surface area contributed by atoms with Gasteiger partial charge in [0.1, 0.15) is 0 Å². The molecule has 6 heteroatoms. The second-order valence-electron chi connectivity index (χ2n) is 2.66. The molecule has 1 heterocycles. The minimum Gasteiger partial charge on any atom is -0.274 e. The molecule has 1 aliphatic rings. The molecule has 1 aliphatic heterocycles. The number of hydrogen-bond donors (Lipinski definition) is 1. The third kappa shape index (κ3) is 2.00. The molecule has 0 radical (unpaired) electrons. The summed E-state index contributed by atoms with van der Waals surface area (Å²) in [6.07, 6.45) is 1.92. The van der Waals surface area contributed by atoms with Gasteiger partial charge in [-0.25, -0.2) is 0 Å². The molecule has 1 unspecified atom stereocenters. The predicted molar refractivity (Wildman–Crippen MR) is 47.6 cm³/mol. The number of nitrogens with zero attached hydrogens (tertiary/aromatic N) is 1. The topological polar surface area (TPSA) is 66.5 Å². The number of nitrogens with one attached hydrogen (secondary N) is 1. The van der Waals surface area contributed by atoms with Crippen LogP contribution in [-0.2, 0) is 14.4 Å². The van der Waals surface area contributed by atoms with Crippen molar-refractivity contribution in [1.82, 2.24) is 10.4 Å². The SMILES string of the molecule is CSC1CC(=O)N(NC(C)=O)C1=O. The van der Waals surface area contributed by atoms with Crippen LogP contribution < -0.4 is 5.43 Å². The molecule has 0 spiro atoms. The van der Waals surface area contributed by atoms with Crippen LogP contribution in [0.1, 0.15) is 13.3 Å². The summed E-state index contributed by atoms with van der Waals surface area (Å²) in [5.74, 6) is -1.10. The summed E-state index contributed by atoms with van der Waals surface area (Å²) in [5.41, 5.74) is 2.19. The maximum absolute atomic E-state index is 11.4. The molecule has 1 rings (SSSR count). The fraction of sp³-hybridized carbons (Fsp3) is 0.571. The molecule has 0 aliphatic carbocycles. The Hall–Kier alpha value is -1.04. The van der Waals surface area contributed by atoms with Crippen LogP contribution in [0.5, 0.6) is 0 Å². The van der Waals surface area contributed by atoms with Gasteiger partial charge < -0.3 is 0 Å². The fourth-order valence-electron chi connectivity index (χ4n) is 1.06. The third-order valence-corrected chi connectivity index (χ3v) is 2.60. The molecule has 72 valence electrons. The zero-order chi connectivity index (χ0) is 10.0. The first-order valence-corrected chi connectivity index (χ1v) is 5.02. The number of imide groups is 1. The standard InChI is InChI=1S/C7H10N2O3S/c1-4(10)8-9-6(11)3-5(13-2)7(9)12/h5H,3H2,1-2H3,(H,8,10). The number of carbonyl (C=O) groups is 3. The molecule has 0 aromatic heterocycles. The Kier molecular flexibility index (Phi) is 2.92. The molecule has 0 bridgehead atoms. The van der Waals surface area contributed by atoms with E-state index in [1.54, 1.807) is 6.26 Å². The van der Waals surface area contributed by atoms with Gasteiger partial charge in [0.25, 0.3) is 5.91 Å². The van der Waals surface area contributed by atoms with E-state index >= 15 is 0 Å². The number of carbonyl (C=O) groups excluding carboxylic acids is 3. The highest BCUT2D eigenvalue weighted by molar-refractivity contribution is 8.00. The van der Waals surface area contributed by atoms with E-state index in [9.17, 15) is 14.4 Å². The highest BCUT2D eigenvalue weighted by Gasteiger charge is 2.38. The normalized spacial score (nSPS) is 22.3. The Morgan fingerprint density at radius 3 is 2.62 bits per heavy atom. The van der Waals surface area contributed by atoms with E-state index in [4.69, 9.17) is 0 Å². The van der Waals surface area contributed by atoms with Crippen molar-refractivity contribution < 1.29 is 14.4 Å². The van der Waals surface area contributed by atoms with Crippen molar-refractivity contribution in [3.63, 3.8) is 0 Å². The summed E-state index contributed by atoms with van der Waals surface area (Å²) < 4.78 is 0. The van der Waals surface area contributed by atoms with Crippen LogP contribution in [0.4, 0.5) is 0 Å². The van der Waals surface area contributed by atoms with Crippen LogP contribution in [0, 0.1) is 0 Å². The van der Waals surface area contributed by atoms with Crippen LogP contribution in [0.3, 0.4) is 0 Å². The van der Waals surface area contributed by atoms with Crippen molar-refractivity contribution in [2.45, 2.75) is 18.6 Å². The lowest BCUT2D eigenvalue weighted by molar-refractivity contribution is -0.147. The molecule has 5 nitrogen and oxygen atoms in total. The highest BCUT2D eigenvalue weighted by Crippen LogP contribution is 2.21. The van der Waals surface area contributed by atoms with Crippen LogP contribution >= 0.6 is 11.8 Å². The van der Waals surface area contributed by atoms with Gasteiger partial charge in [0.05, 0.1) is 5.25 Å². The average Bonchev–Trinajstić information content (AvgIpc) is 2.31. The number of thioether (sulfide) groups is 1. The first-order chi connectivity index (χ1) is 6.06. The van der Waals surface area contributed by atoms with Gasteiger partial charge in [-0.15, -0.1) is 0 Å².